The first-order valence-corrected chi connectivity index (χ1v) is 7.54. The van der Waals surface area contributed by atoms with Crippen LogP contribution in [0.25, 0.3) is 0 Å². The molecule has 1 N–H and O–H groups in total. The van der Waals surface area contributed by atoms with Crippen LogP contribution in [0.3, 0.4) is 0 Å². The van der Waals surface area contributed by atoms with Crippen molar-refractivity contribution < 1.29 is 29.3 Å². The maximum atomic E-state index is 11.8. The number of hydrogen-bond acceptors (Lipinski definition) is 1. The van der Waals surface area contributed by atoms with E-state index in [1.165, 1.54) is 0 Å². The maximum Gasteiger partial charge on any atom is 0.304 e. The van der Waals surface area contributed by atoms with Gasteiger partial charge in [0.1, 0.15) is 0 Å². The summed E-state index contributed by atoms with van der Waals surface area (Å²) in [7, 11) is -9.38. The Labute approximate surface area is 103 Å². The van der Waals surface area contributed by atoms with Crippen molar-refractivity contribution in [3.8, 4) is 0 Å². The molecule has 0 aromatic carbocycles. The summed E-state index contributed by atoms with van der Waals surface area (Å²) < 4.78 is 59.1. The van der Waals surface area contributed by atoms with Gasteiger partial charge in [0, 0.05) is 6.42 Å². The van der Waals surface area contributed by atoms with Crippen molar-refractivity contribution in [2.24, 2.45) is 0 Å². The van der Waals surface area contributed by atoms with E-state index >= 15 is 0 Å². The molecule has 0 heterocycles. The van der Waals surface area contributed by atoms with E-state index in [1.54, 1.807) is 0 Å². The van der Waals surface area contributed by atoms with Gasteiger partial charge in [0.2, 0.25) is 0 Å². The molecule has 0 aromatic rings. The minimum absolute atomic E-state index is 0.0511. The molecule has 0 amide bonds. The lowest BCUT2D eigenvalue weighted by Gasteiger charge is -2.36. The Hall–Kier alpha value is -0.790. The largest absolute Gasteiger partial charge is 0.481 e. The second kappa shape index (κ2) is 5.46. The molecule has 0 rings (SSSR count). The molecule has 0 aliphatic carbocycles. The van der Waals surface area contributed by atoms with Crippen LogP contribution in [0.4, 0.5) is 19.4 Å². The zero-order chi connectivity index (χ0) is 14.3. The molecule has 0 atom stereocenters. The number of carboxylic acids is 1. The van der Waals surface area contributed by atoms with E-state index < -0.39 is 21.6 Å². The fourth-order valence-electron chi connectivity index (χ4n) is 1.32. The Balaban J connectivity index is 3.59. The zero-order valence-corrected chi connectivity index (χ0v) is 10.6. The summed E-state index contributed by atoms with van der Waals surface area (Å²) in [6, 6.07) is 0. The number of halogens is 5. The first kappa shape index (κ1) is 17.2. The van der Waals surface area contributed by atoms with Crippen molar-refractivity contribution in [2.45, 2.75) is 44.9 Å². The lowest BCUT2D eigenvalue weighted by molar-refractivity contribution is -0.137. The van der Waals surface area contributed by atoms with E-state index in [2.05, 4.69) is 0 Å². The van der Waals surface area contributed by atoms with Crippen LogP contribution in [-0.2, 0) is 4.79 Å². The van der Waals surface area contributed by atoms with Gasteiger partial charge in [-0.1, -0.05) is 44.8 Å². The number of allylic oxidation sites excluding steroid dienone is 1. The van der Waals surface area contributed by atoms with Crippen molar-refractivity contribution >= 4 is 16.2 Å². The van der Waals surface area contributed by atoms with Gasteiger partial charge < -0.3 is 5.11 Å². The van der Waals surface area contributed by atoms with Gasteiger partial charge in [-0.3, -0.25) is 4.79 Å². The third kappa shape index (κ3) is 15.2. The molecule has 0 aromatic heterocycles. The second-order valence-electron chi connectivity index (χ2n) is 4.10. The fraction of sp³-hybridized carbons (Fsp3) is 0.700. The number of carboxylic acid groups (broad SMARTS) is 1. The monoisotopic (exact) mass is 296 g/mol. The van der Waals surface area contributed by atoms with Gasteiger partial charge >= 0.3 is 16.2 Å². The molecule has 0 saturated heterocycles. The highest BCUT2D eigenvalue weighted by Crippen LogP contribution is 2.98. The van der Waals surface area contributed by atoms with Crippen LogP contribution in [0.15, 0.2) is 11.5 Å². The van der Waals surface area contributed by atoms with Crippen LogP contribution in [0.1, 0.15) is 44.9 Å². The average Bonchev–Trinajstić information content (AvgIpc) is 2.11. The summed E-state index contributed by atoms with van der Waals surface area (Å²) in [5, 5.41) is 7.42. The Morgan fingerprint density at radius 2 is 1.44 bits per heavy atom. The van der Waals surface area contributed by atoms with Crippen molar-refractivity contribution in [2.75, 3.05) is 0 Å². The first-order chi connectivity index (χ1) is 7.89. The molecule has 0 unspecified atom stereocenters. The Morgan fingerprint density at radius 1 is 0.944 bits per heavy atom. The number of hydrogen-bond donors (Lipinski definition) is 1. The predicted octanol–water partition coefficient (Wildman–Crippen LogP) is 5.61. The number of rotatable bonds is 9. The van der Waals surface area contributed by atoms with Gasteiger partial charge in [0.05, 0.1) is 5.41 Å². The molecule has 0 radical (unpaired) electrons. The highest BCUT2D eigenvalue weighted by molar-refractivity contribution is 8.48. The topological polar surface area (TPSA) is 37.3 Å². The smallest absolute Gasteiger partial charge is 0.304 e. The molecule has 0 aliphatic rings. The normalized spacial score (nSPS) is 16.5. The molecule has 0 saturated carbocycles. The summed E-state index contributed by atoms with van der Waals surface area (Å²) in [5.41, 5.74) is 0. The van der Waals surface area contributed by atoms with E-state index in [0.717, 1.165) is 0 Å². The van der Waals surface area contributed by atoms with Crippen LogP contribution >= 0.6 is 10.2 Å². The number of carbonyl (C=O) groups is 1. The molecule has 2 nitrogen and oxygen atoms in total. The number of unbranched alkanes of at least 4 members (excludes halogenated alkanes) is 5. The molecule has 18 heavy (non-hydrogen) atoms. The lowest BCUT2D eigenvalue weighted by atomic mass is 10.1. The van der Waals surface area contributed by atoms with Crippen LogP contribution in [0.2, 0.25) is 0 Å². The summed E-state index contributed by atoms with van der Waals surface area (Å²) >= 11 is 0. The van der Waals surface area contributed by atoms with Crippen molar-refractivity contribution in [3.05, 3.63) is 11.5 Å². The molecule has 0 spiro atoms. The van der Waals surface area contributed by atoms with E-state index in [-0.39, 0.29) is 12.8 Å². The Morgan fingerprint density at radius 3 is 1.94 bits per heavy atom. The minimum Gasteiger partial charge on any atom is -0.481 e. The van der Waals surface area contributed by atoms with Crippen LogP contribution in [0.5, 0.6) is 0 Å². The highest BCUT2D eigenvalue weighted by Gasteiger charge is 2.60. The summed E-state index contributed by atoms with van der Waals surface area (Å²) in [4.78, 5) is 10.1. The maximum absolute atomic E-state index is 11.8. The third-order valence-corrected chi connectivity index (χ3v) is 2.82. The molecular weight excluding hydrogens is 279 g/mol. The molecule has 0 bridgehead atoms. The van der Waals surface area contributed by atoms with Gasteiger partial charge in [-0.25, -0.2) is 0 Å². The van der Waals surface area contributed by atoms with Gasteiger partial charge in [0.15, 0.2) is 0 Å². The quantitative estimate of drug-likeness (QED) is 0.443. The van der Waals surface area contributed by atoms with Crippen molar-refractivity contribution in [3.63, 3.8) is 0 Å². The van der Waals surface area contributed by atoms with Crippen molar-refractivity contribution in [1.29, 1.82) is 0 Å². The second-order valence-corrected chi connectivity index (χ2v) is 6.43. The van der Waals surface area contributed by atoms with Crippen LogP contribution in [0, 0.1) is 0 Å². The van der Waals surface area contributed by atoms with Gasteiger partial charge in [-0.15, -0.1) is 0 Å². The van der Waals surface area contributed by atoms with Crippen LogP contribution < -0.4 is 0 Å². The summed E-state index contributed by atoms with van der Waals surface area (Å²) in [6.07, 6.45) is 3.36. The van der Waals surface area contributed by atoms with Crippen molar-refractivity contribution in [1.82, 2.24) is 0 Å². The van der Waals surface area contributed by atoms with Gasteiger partial charge in [-0.2, -0.15) is 0 Å². The summed E-state index contributed by atoms with van der Waals surface area (Å²) in [6.45, 7) is 0. The third-order valence-electron chi connectivity index (χ3n) is 2.11. The molecule has 0 aliphatic heterocycles. The van der Waals surface area contributed by atoms with Gasteiger partial charge in [0.25, 0.3) is 0 Å². The molecule has 0 fully saturated rings. The van der Waals surface area contributed by atoms with E-state index in [9.17, 15) is 24.2 Å². The van der Waals surface area contributed by atoms with E-state index in [4.69, 9.17) is 5.11 Å². The minimum atomic E-state index is -9.38. The lowest BCUT2D eigenvalue weighted by Crippen LogP contribution is -1.98. The van der Waals surface area contributed by atoms with Crippen LogP contribution in [-0.4, -0.2) is 11.1 Å². The molecule has 110 valence electrons. The molecule has 8 heteroatoms. The Kier molecular flexibility index (Phi) is 5.22. The first-order valence-electron chi connectivity index (χ1n) is 5.53. The summed E-state index contributed by atoms with van der Waals surface area (Å²) in [5.74, 6) is -0.881. The highest BCUT2D eigenvalue weighted by atomic mass is 32.5. The SMILES string of the molecule is O=C(O)CCCCCCC/C=C/S(F)(F)(F)(F)F. The standard InChI is InChI=1S/C10H17F5O2S/c11-18(12,13,14,15)9-7-5-3-1-2-4-6-8-10(16)17/h7,9H,1-6,8H2,(H,16,17)/b9-7+. The molecular formula is C10H17F5O2S. The zero-order valence-electron chi connectivity index (χ0n) is 9.76. The Bertz CT molecular complexity index is 308. The van der Waals surface area contributed by atoms with E-state index in [1.807, 2.05) is 0 Å². The fourth-order valence-corrected chi connectivity index (χ4v) is 1.82. The van der Waals surface area contributed by atoms with E-state index in [0.29, 0.717) is 38.2 Å². The predicted molar refractivity (Wildman–Crippen MR) is 62.2 cm³/mol. The van der Waals surface area contributed by atoms with Gasteiger partial charge in [-0.05, 0) is 19.3 Å². The number of aliphatic carboxylic acids is 1. The average molecular weight is 296 g/mol.